The van der Waals surface area contributed by atoms with Crippen LogP contribution in [-0.2, 0) is 28.6 Å². The Balaban J connectivity index is 2.13. The first-order valence-electron chi connectivity index (χ1n) is 12.2. The Labute approximate surface area is 199 Å². The second-order valence-corrected chi connectivity index (χ2v) is 10.3. The maximum absolute atomic E-state index is 12.3. The van der Waals surface area contributed by atoms with E-state index >= 15 is 0 Å². The quantitative estimate of drug-likeness (QED) is 0.241. The SMILES string of the molecule is COC(=O)CCC(=O)OC[C@@H]1CC[C@@]2(C)C(C)=CCC[C@@H]2[C@@]1(C)CC/C(C)=C/COC(C)=O. The van der Waals surface area contributed by atoms with Crippen LogP contribution in [0, 0.1) is 22.7 Å². The van der Waals surface area contributed by atoms with Crippen molar-refractivity contribution in [3.63, 3.8) is 0 Å². The van der Waals surface area contributed by atoms with Crippen LogP contribution in [-0.4, -0.2) is 38.2 Å². The standard InChI is InChI=1S/C27H42O6/c1-19(14-17-32-21(3)28)12-15-27(5)22(18-33-25(30)11-10-24(29)31-6)13-16-26(4)20(2)8-7-9-23(26)27/h8,14,22-23H,7,9-13,15-18H2,1-6H3/b19-14+/t22-,23-,26-,27-/m0/s1. The van der Waals surface area contributed by atoms with Crippen LogP contribution < -0.4 is 0 Å². The van der Waals surface area contributed by atoms with Crippen molar-refractivity contribution in [2.45, 2.75) is 86.0 Å². The molecule has 0 bridgehead atoms. The topological polar surface area (TPSA) is 78.9 Å². The van der Waals surface area contributed by atoms with Crippen LogP contribution >= 0.6 is 0 Å². The molecule has 1 saturated carbocycles. The van der Waals surface area contributed by atoms with E-state index in [2.05, 4.69) is 38.5 Å². The van der Waals surface area contributed by atoms with Crippen molar-refractivity contribution in [2.75, 3.05) is 20.3 Å². The fraction of sp³-hybridized carbons (Fsp3) is 0.741. The normalized spacial score (nSPS) is 29.5. The molecule has 0 saturated heterocycles. The predicted molar refractivity (Wildman–Crippen MR) is 127 cm³/mol. The van der Waals surface area contributed by atoms with Gasteiger partial charge in [0, 0.05) is 6.92 Å². The zero-order valence-electron chi connectivity index (χ0n) is 21.3. The second-order valence-electron chi connectivity index (χ2n) is 10.3. The van der Waals surface area contributed by atoms with Gasteiger partial charge < -0.3 is 14.2 Å². The van der Waals surface area contributed by atoms with E-state index in [1.807, 2.05) is 6.08 Å². The van der Waals surface area contributed by atoms with Gasteiger partial charge in [-0.25, -0.2) is 0 Å². The first-order chi connectivity index (χ1) is 15.5. The summed E-state index contributed by atoms with van der Waals surface area (Å²) in [5.74, 6) is -0.222. The number of allylic oxidation sites excluding steroid dienone is 3. The van der Waals surface area contributed by atoms with E-state index < -0.39 is 5.97 Å². The molecule has 0 spiro atoms. The Bertz CT molecular complexity index is 781. The molecule has 0 unspecified atom stereocenters. The number of esters is 3. The number of carbonyl (C=O) groups excluding carboxylic acids is 3. The van der Waals surface area contributed by atoms with E-state index in [4.69, 9.17) is 9.47 Å². The van der Waals surface area contributed by atoms with E-state index in [0.29, 0.717) is 19.1 Å². The van der Waals surface area contributed by atoms with Crippen molar-refractivity contribution in [3.05, 3.63) is 23.3 Å². The summed E-state index contributed by atoms with van der Waals surface area (Å²) in [6, 6.07) is 0. The van der Waals surface area contributed by atoms with Gasteiger partial charge in [-0.05, 0) is 81.1 Å². The summed E-state index contributed by atoms with van der Waals surface area (Å²) in [4.78, 5) is 34.7. The first-order valence-corrected chi connectivity index (χ1v) is 12.2. The fourth-order valence-corrected chi connectivity index (χ4v) is 5.90. The number of hydrogen-bond acceptors (Lipinski definition) is 6. The van der Waals surface area contributed by atoms with Crippen LogP contribution in [0.1, 0.15) is 86.0 Å². The highest BCUT2D eigenvalue weighted by Crippen LogP contribution is 2.62. The largest absolute Gasteiger partial charge is 0.469 e. The molecule has 0 heterocycles. The average molecular weight is 463 g/mol. The van der Waals surface area contributed by atoms with Gasteiger partial charge in [0.2, 0.25) is 0 Å². The Morgan fingerprint density at radius 2 is 1.76 bits per heavy atom. The summed E-state index contributed by atoms with van der Waals surface area (Å²) in [5, 5.41) is 0. The molecule has 2 aliphatic carbocycles. The van der Waals surface area contributed by atoms with Gasteiger partial charge in [0.15, 0.2) is 0 Å². The molecule has 33 heavy (non-hydrogen) atoms. The maximum Gasteiger partial charge on any atom is 0.306 e. The van der Waals surface area contributed by atoms with Crippen molar-refractivity contribution in [1.29, 1.82) is 0 Å². The average Bonchev–Trinajstić information content (AvgIpc) is 2.76. The minimum absolute atomic E-state index is 0.0156. The molecule has 6 heteroatoms. The Kier molecular flexibility index (Phi) is 9.74. The highest BCUT2D eigenvalue weighted by atomic mass is 16.5. The molecular weight excluding hydrogens is 420 g/mol. The third kappa shape index (κ3) is 6.94. The van der Waals surface area contributed by atoms with E-state index in [1.54, 1.807) is 0 Å². The number of methoxy groups -OCH3 is 1. The van der Waals surface area contributed by atoms with Gasteiger partial charge in [-0.15, -0.1) is 0 Å². The number of carbonyl (C=O) groups is 3. The number of hydrogen-bond donors (Lipinski definition) is 0. The molecule has 1 fully saturated rings. The van der Waals surface area contributed by atoms with Gasteiger partial charge >= 0.3 is 17.9 Å². The van der Waals surface area contributed by atoms with Gasteiger partial charge in [-0.3, -0.25) is 14.4 Å². The van der Waals surface area contributed by atoms with Crippen molar-refractivity contribution in [3.8, 4) is 0 Å². The second kappa shape index (κ2) is 11.8. The van der Waals surface area contributed by atoms with E-state index in [1.165, 1.54) is 25.2 Å². The molecule has 4 atom stereocenters. The minimum atomic E-state index is -0.397. The summed E-state index contributed by atoms with van der Waals surface area (Å²) in [7, 11) is 1.32. The molecule has 0 N–H and O–H groups in total. The molecule has 0 aromatic carbocycles. The van der Waals surface area contributed by atoms with E-state index in [-0.39, 0.29) is 41.5 Å². The highest BCUT2D eigenvalue weighted by molar-refractivity contribution is 5.77. The smallest absolute Gasteiger partial charge is 0.306 e. The molecule has 2 aliphatic rings. The Morgan fingerprint density at radius 3 is 2.42 bits per heavy atom. The molecule has 2 rings (SSSR count). The van der Waals surface area contributed by atoms with Crippen LogP contribution in [0.5, 0.6) is 0 Å². The van der Waals surface area contributed by atoms with E-state index in [0.717, 1.165) is 38.5 Å². The molecule has 0 aromatic rings. The molecule has 186 valence electrons. The molecule has 0 aromatic heterocycles. The van der Waals surface area contributed by atoms with Gasteiger partial charge in [0.1, 0.15) is 6.61 Å². The lowest BCUT2D eigenvalue weighted by Crippen LogP contribution is -2.51. The molecule has 0 aliphatic heterocycles. The molecule has 0 radical (unpaired) electrons. The lowest BCUT2D eigenvalue weighted by atomic mass is 9.46. The van der Waals surface area contributed by atoms with Crippen LogP contribution in [0.15, 0.2) is 23.3 Å². The zero-order valence-corrected chi connectivity index (χ0v) is 21.3. The zero-order chi connectivity index (χ0) is 24.6. The Hall–Kier alpha value is -2.11. The van der Waals surface area contributed by atoms with E-state index in [9.17, 15) is 14.4 Å². The molecular formula is C27H42O6. The van der Waals surface area contributed by atoms with Crippen molar-refractivity contribution in [1.82, 2.24) is 0 Å². The molecule has 0 amide bonds. The van der Waals surface area contributed by atoms with Crippen molar-refractivity contribution >= 4 is 17.9 Å². The third-order valence-corrected chi connectivity index (χ3v) is 8.30. The van der Waals surface area contributed by atoms with Crippen molar-refractivity contribution < 1.29 is 28.6 Å². The van der Waals surface area contributed by atoms with Crippen LogP contribution in [0.4, 0.5) is 0 Å². The van der Waals surface area contributed by atoms with Gasteiger partial charge in [-0.2, -0.15) is 0 Å². The highest BCUT2D eigenvalue weighted by Gasteiger charge is 2.54. The van der Waals surface area contributed by atoms with Gasteiger partial charge in [0.05, 0.1) is 26.6 Å². The van der Waals surface area contributed by atoms with Gasteiger partial charge in [0.25, 0.3) is 0 Å². The van der Waals surface area contributed by atoms with Crippen LogP contribution in [0.3, 0.4) is 0 Å². The maximum atomic E-state index is 12.3. The predicted octanol–water partition coefficient (Wildman–Crippen LogP) is 5.55. The third-order valence-electron chi connectivity index (χ3n) is 8.30. The van der Waals surface area contributed by atoms with Gasteiger partial charge in [-0.1, -0.05) is 31.1 Å². The van der Waals surface area contributed by atoms with Crippen LogP contribution in [0.2, 0.25) is 0 Å². The minimum Gasteiger partial charge on any atom is -0.469 e. The fourth-order valence-electron chi connectivity index (χ4n) is 5.90. The summed E-state index contributed by atoms with van der Waals surface area (Å²) < 4.78 is 15.4. The number of fused-ring (bicyclic) bond motifs is 1. The first kappa shape index (κ1) is 27.1. The van der Waals surface area contributed by atoms with Crippen molar-refractivity contribution in [2.24, 2.45) is 22.7 Å². The summed E-state index contributed by atoms with van der Waals surface area (Å²) in [6.07, 6.45) is 10.7. The summed E-state index contributed by atoms with van der Waals surface area (Å²) in [5.41, 5.74) is 2.89. The Morgan fingerprint density at radius 1 is 1.06 bits per heavy atom. The summed E-state index contributed by atoms with van der Waals surface area (Å²) >= 11 is 0. The monoisotopic (exact) mass is 462 g/mol. The number of ether oxygens (including phenoxy) is 3. The van der Waals surface area contributed by atoms with Crippen LogP contribution in [0.25, 0.3) is 0 Å². The lowest BCUT2D eigenvalue weighted by molar-refractivity contribution is -0.154. The number of rotatable bonds is 10. The summed E-state index contributed by atoms with van der Waals surface area (Å²) in [6.45, 7) is 11.3. The molecule has 6 nitrogen and oxygen atoms in total. The lowest BCUT2D eigenvalue weighted by Gasteiger charge is -2.58.